The first-order valence-electron chi connectivity index (χ1n) is 13.2. The van der Waals surface area contributed by atoms with E-state index in [1.54, 1.807) is 6.20 Å². The van der Waals surface area contributed by atoms with Crippen LogP contribution in [0.15, 0.2) is 12.5 Å². The van der Waals surface area contributed by atoms with Gasteiger partial charge in [-0.05, 0) is 20.8 Å². The second-order valence-electron chi connectivity index (χ2n) is 11.0. The van der Waals surface area contributed by atoms with Crippen molar-refractivity contribution in [3.8, 4) is 0 Å². The lowest BCUT2D eigenvalue weighted by molar-refractivity contribution is -0.784. The van der Waals surface area contributed by atoms with Crippen molar-refractivity contribution in [3.05, 3.63) is 18.3 Å². The van der Waals surface area contributed by atoms with Gasteiger partial charge in [0.1, 0.15) is 30.5 Å². The second kappa shape index (κ2) is 10.2. The van der Waals surface area contributed by atoms with Gasteiger partial charge >= 0.3 is 12.0 Å². The number of hydrogen-bond acceptors (Lipinski definition) is 11. The van der Waals surface area contributed by atoms with Crippen LogP contribution in [-0.4, -0.2) is 124 Å². The minimum Gasteiger partial charge on any atom is -0.414 e. The number of carbonyl (C=O) groups is 2. The van der Waals surface area contributed by atoms with Gasteiger partial charge in [0, 0.05) is 45.8 Å². The fourth-order valence-corrected chi connectivity index (χ4v) is 5.47. The number of hydrazine groups is 1. The first kappa shape index (κ1) is 25.9. The fourth-order valence-electron chi connectivity index (χ4n) is 5.47. The van der Waals surface area contributed by atoms with E-state index in [-0.39, 0.29) is 16.4 Å². The molecule has 1 atom stereocenters. The standard InChI is InChI=1S/C24H39N10O3/c1-18(35)34(23(36)37-24(2,3)4)13-11-31(12-14-34)33-21-19(15-27-17-28-21)29-22(33)20-16-26-7-10-32(20)30-8-5-25-6-9-30/h15,17,20,25-26H,5-14,16H2,1-4H3/q+1. The molecule has 3 fully saturated rings. The molecule has 13 heteroatoms. The van der Waals surface area contributed by atoms with Gasteiger partial charge in [-0.1, -0.05) is 0 Å². The van der Waals surface area contributed by atoms with E-state index in [0.717, 1.165) is 62.8 Å². The molecule has 2 N–H and O–H groups in total. The molecule has 0 saturated carbocycles. The predicted molar refractivity (Wildman–Crippen MR) is 137 cm³/mol. The first-order chi connectivity index (χ1) is 17.7. The molecule has 2 aromatic heterocycles. The third-order valence-corrected chi connectivity index (χ3v) is 7.40. The van der Waals surface area contributed by atoms with Gasteiger partial charge in [0.25, 0.3) is 0 Å². The smallest absolute Gasteiger partial charge is 0.414 e. The summed E-state index contributed by atoms with van der Waals surface area (Å²) in [5, 5.41) is 14.0. The van der Waals surface area contributed by atoms with Crippen LogP contribution in [-0.2, 0) is 9.53 Å². The number of fused-ring (bicyclic) bond motifs is 1. The average Bonchev–Trinajstić information content (AvgIpc) is 3.27. The minimum atomic E-state index is -0.666. The van der Waals surface area contributed by atoms with E-state index in [2.05, 4.69) is 40.3 Å². The molecule has 3 aliphatic rings. The number of amides is 2. The van der Waals surface area contributed by atoms with Crippen molar-refractivity contribution in [2.24, 2.45) is 0 Å². The zero-order valence-electron chi connectivity index (χ0n) is 22.3. The van der Waals surface area contributed by atoms with Crippen LogP contribution in [0.4, 0.5) is 4.79 Å². The molecule has 3 aliphatic heterocycles. The quantitative estimate of drug-likeness (QED) is 0.531. The molecule has 37 heavy (non-hydrogen) atoms. The van der Waals surface area contributed by atoms with Crippen LogP contribution in [0.1, 0.15) is 39.6 Å². The fraction of sp³-hybridized carbons (Fsp3) is 0.708. The molecule has 0 aromatic carbocycles. The molecule has 2 amide bonds. The van der Waals surface area contributed by atoms with Crippen LogP contribution in [0.5, 0.6) is 0 Å². The Morgan fingerprint density at radius 1 is 1.03 bits per heavy atom. The molecule has 0 spiro atoms. The summed E-state index contributed by atoms with van der Waals surface area (Å²) in [5.41, 5.74) is 0.797. The van der Waals surface area contributed by atoms with Crippen molar-refractivity contribution in [2.75, 3.05) is 77.0 Å². The molecule has 1 unspecified atom stereocenters. The number of rotatable bonds is 3. The van der Waals surface area contributed by atoms with Gasteiger partial charge < -0.3 is 15.4 Å². The number of quaternary nitrogens is 1. The van der Waals surface area contributed by atoms with Crippen molar-refractivity contribution in [2.45, 2.75) is 39.3 Å². The molecular formula is C24H39N10O3+. The van der Waals surface area contributed by atoms with Crippen molar-refractivity contribution in [1.82, 2.24) is 40.3 Å². The molecule has 13 nitrogen and oxygen atoms in total. The number of aromatic nitrogens is 4. The van der Waals surface area contributed by atoms with E-state index in [4.69, 9.17) is 9.72 Å². The molecule has 3 saturated heterocycles. The number of ether oxygens (including phenoxy) is 1. The van der Waals surface area contributed by atoms with Crippen LogP contribution >= 0.6 is 0 Å². The van der Waals surface area contributed by atoms with E-state index in [1.807, 2.05) is 20.8 Å². The molecular weight excluding hydrogens is 476 g/mol. The maximum absolute atomic E-state index is 13.2. The Morgan fingerprint density at radius 2 is 1.73 bits per heavy atom. The molecule has 0 aliphatic carbocycles. The second-order valence-corrected chi connectivity index (χ2v) is 11.0. The van der Waals surface area contributed by atoms with Crippen LogP contribution in [0.25, 0.3) is 11.2 Å². The summed E-state index contributed by atoms with van der Waals surface area (Å²) in [6.45, 7) is 14.9. The third kappa shape index (κ3) is 5.06. The highest BCUT2D eigenvalue weighted by atomic mass is 16.6. The van der Waals surface area contributed by atoms with E-state index < -0.39 is 11.7 Å². The summed E-state index contributed by atoms with van der Waals surface area (Å²) in [5.74, 6) is 0.689. The normalized spacial score (nSPS) is 23.8. The third-order valence-electron chi connectivity index (χ3n) is 7.40. The molecule has 0 bridgehead atoms. The number of piperazine rings is 3. The summed E-state index contributed by atoms with van der Waals surface area (Å²) in [7, 11) is 0. The van der Waals surface area contributed by atoms with Crippen molar-refractivity contribution in [3.63, 3.8) is 0 Å². The number of nitrogens with zero attached hydrogens (tertiary/aromatic N) is 8. The summed E-state index contributed by atoms with van der Waals surface area (Å²) >= 11 is 0. The molecule has 5 heterocycles. The Morgan fingerprint density at radius 3 is 2.41 bits per heavy atom. The number of carbonyl (C=O) groups excluding carboxylic acids is 2. The van der Waals surface area contributed by atoms with Gasteiger partial charge in [-0.3, -0.25) is 5.01 Å². The molecule has 2 aromatic rings. The lowest BCUT2D eigenvalue weighted by Gasteiger charge is -2.46. The number of imidazole rings is 1. The Balaban J connectivity index is 1.46. The molecule has 0 radical (unpaired) electrons. The van der Waals surface area contributed by atoms with Crippen molar-refractivity contribution >= 4 is 23.2 Å². The zero-order valence-corrected chi connectivity index (χ0v) is 22.3. The Hall–Kier alpha value is -2.71. The average molecular weight is 516 g/mol. The lowest BCUT2D eigenvalue weighted by atomic mass is 10.2. The predicted octanol–water partition coefficient (Wildman–Crippen LogP) is -0.157. The highest BCUT2D eigenvalue weighted by molar-refractivity contribution is 5.79. The Labute approximate surface area is 217 Å². The van der Waals surface area contributed by atoms with Crippen LogP contribution in [0.2, 0.25) is 0 Å². The Kier molecular flexibility index (Phi) is 7.16. The summed E-state index contributed by atoms with van der Waals surface area (Å²) in [4.78, 5) is 39.7. The van der Waals surface area contributed by atoms with Crippen LogP contribution < -0.4 is 15.6 Å². The van der Waals surface area contributed by atoms with Crippen molar-refractivity contribution in [1.29, 1.82) is 0 Å². The van der Waals surface area contributed by atoms with Gasteiger partial charge in [-0.2, -0.15) is 9.28 Å². The zero-order chi connectivity index (χ0) is 26.2. The minimum absolute atomic E-state index is 0.0147. The SMILES string of the molecule is CC(=O)[N+]1(C(=O)OC(C)(C)C)CCN(n2c(C3CNCCN3N3CCNCC3)nc3cncnc32)CC1. The molecule has 5 rings (SSSR count). The number of nitrogens with one attached hydrogen (secondary N) is 2. The Bertz CT molecular complexity index is 1130. The van der Waals surface area contributed by atoms with Crippen LogP contribution in [0, 0.1) is 0 Å². The summed E-state index contributed by atoms with van der Waals surface area (Å²) in [6, 6.07) is 0.0147. The van der Waals surface area contributed by atoms with E-state index in [1.165, 1.54) is 13.3 Å². The van der Waals surface area contributed by atoms with Gasteiger partial charge in [0.05, 0.1) is 32.3 Å². The van der Waals surface area contributed by atoms with Gasteiger partial charge in [-0.25, -0.2) is 34.4 Å². The van der Waals surface area contributed by atoms with Crippen LogP contribution in [0.3, 0.4) is 0 Å². The first-order valence-corrected chi connectivity index (χ1v) is 13.2. The van der Waals surface area contributed by atoms with Gasteiger partial charge in [0.15, 0.2) is 11.5 Å². The van der Waals surface area contributed by atoms with Crippen molar-refractivity contribution < 1.29 is 18.8 Å². The maximum Gasteiger partial charge on any atom is 0.524 e. The number of imide groups is 1. The van der Waals surface area contributed by atoms with Gasteiger partial charge in [-0.15, -0.1) is 0 Å². The number of hydrogen-bond donors (Lipinski definition) is 2. The van der Waals surface area contributed by atoms with E-state index in [0.29, 0.717) is 26.2 Å². The molecule has 202 valence electrons. The summed E-state index contributed by atoms with van der Waals surface area (Å²) < 4.78 is 7.44. The van der Waals surface area contributed by atoms with E-state index >= 15 is 0 Å². The van der Waals surface area contributed by atoms with E-state index in [9.17, 15) is 9.59 Å². The maximum atomic E-state index is 13.2. The lowest BCUT2D eigenvalue weighted by Crippen LogP contribution is -2.67. The largest absolute Gasteiger partial charge is 0.524 e. The summed E-state index contributed by atoms with van der Waals surface area (Å²) in [6.07, 6.45) is 2.80. The highest BCUT2D eigenvalue weighted by Crippen LogP contribution is 2.28. The van der Waals surface area contributed by atoms with Gasteiger partial charge in [0.2, 0.25) is 0 Å². The topological polar surface area (TPSA) is 121 Å². The monoisotopic (exact) mass is 515 g/mol. The highest BCUT2D eigenvalue weighted by Gasteiger charge is 2.49.